The van der Waals surface area contributed by atoms with Gasteiger partial charge in [0.05, 0.1) is 12.0 Å². The number of aryl methyl sites for hydroxylation is 3. The summed E-state index contributed by atoms with van der Waals surface area (Å²) in [5, 5.41) is 4.87. The lowest BCUT2D eigenvalue weighted by molar-refractivity contribution is -0.122. The highest BCUT2D eigenvalue weighted by atomic mass is 32.1. The number of thiophene rings is 1. The quantitative estimate of drug-likeness (QED) is 0.300. The molecule has 38 heavy (non-hydrogen) atoms. The van der Waals surface area contributed by atoms with Crippen molar-refractivity contribution < 1.29 is 18.8 Å². The number of ketones is 1. The topological polar surface area (TPSA) is 106 Å². The standard InChI is InChI=1S/C30H29N3O4S/c1-17-8-7-11-21(16-17)32-30(36)33-25(20-9-5-4-6-10-20)23(27(34)22-13-12-19(3)37-22)24(26(33)29(31)35)28-18(2)14-15-38-28/h4-16,23-26H,1-3H3,(H2,31,35)(H,32,36). The number of primary amides is 1. The normalized spacial score (nSPS) is 20.9. The van der Waals surface area contributed by atoms with E-state index in [4.69, 9.17) is 10.2 Å². The van der Waals surface area contributed by atoms with E-state index in [9.17, 15) is 14.4 Å². The number of carbonyl (C=O) groups excluding carboxylic acids is 3. The number of anilines is 1. The van der Waals surface area contributed by atoms with Gasteiger partial charge < -0.3 is 20.4 Å². The van der Waals surface area contributed by atoms with Crippen LogP contribution in [0.2, 0.25) is 0 Å². The van der Waals surface area contributed by atoms with Crippen molar-refractivity contribution >= 4 is 34.7 Å². The highest BCUT2D eigenvalue weighted by molar-refractivity contribution is 7.10. The molecule has 0 radical (unpaired) electrons. The Bertz CT molecular complexity index is 1490. The molecule has 1 saturated heterocycles. The third kappa shape index (κ3) is 4.63. The first kappa shape index (κ1) is 25.5. The summed E-state index contributed by atoms with van der Waals surface area (Å²) in [4.78, 5) is 43.7. The summed E-state index contributed by atoms with van der Waals surface area (Å²) >= 11 is 1.46. The summed E-state index contributed by atoms with van der Waals surface area (Å²) < 4.78 is 5.76. The fraction of sp³-hybridized carbons (Fsp3) is 0.233. The van der Waals surface area contributed by atoms with Crippen LogP contribution < -0.4 is 11.1 Å². The lowest BCUT2D eigenvalue weighted by Crippen LogP contribution is -2.48. The van der Waals surface area contributed by atoms with Gasteiger partial charge in [-0.3, -0.25) is 9.59 Å². The van der Waals surface area contributed by atoms with Crippen molar-refractivity contribution in [2.75, 3.05) is 5.32 Å². The van der Waals surface area contributed by atoms with Gasteiger partial charge in [0, 0.05) is 16.5 Å². The number of carbonyl (C=O) groups is 3. The van der Waals surface area contributed by atoms with Crippen LogP contribution in [0.15, 0.2) is 82.6 Å². The fourth-order valence-electron chi connectivity index (χ4n) is 5.48. The Kier molecular flexibility index (Phi) is 6.91. The molecule has 194 valence electrons. The summed E-state index contributed by atoms with van der Waals surface area (Å²) in [6.45, 7) is 5.64. The molecule has 0 saturated carbocycles. The number of urea groups is 1. The Morgan fingerprint density at radius 1 is 0.947 bits per heavy atom. The van der Waals surface area contributed by atoms with Crippen LogP contribution in [0, 0.1) is 26.7 Å². The van der Waals surface area contributed by atoms with Gasteiger partial charge in [-0.2, -0.15) is 0 Å². The van der Waals surface area contributed by atoms with Gasteiger partial charge in [0.1, 0.15) is 11.8 Å². The van der Waals surface area contributed by atoms with Gasteiger partial charge in [-0.15, -0.1) is 11.3 Å². The molecule has 1 aliphatic heterocycles. The predicted octanol–water partition coefficient (Wildman–Crippen LogP) is 5.99. The smallest absolute Gasteiger partial charge is 0.323 e. The minimum atomic E-state index is -1.06. The Morgan fingerprint density at radius 2 is 1.71 bits per heavy atom. The van der Waals surface area contributed by atoms with E-state index in [0.717, 1.165) is 21.6 Å². The van der Waals surface area contributed by atoms with E-state index in [1.807, 2.05) is 73.8 Å². The molecule has 4 atom stereocenters. The van der Waals surface area contributed by atoms with Gasteiger partial charge in [-0.05, 0) is 73.2 Å². The number of nitrogens with zero attached hydrogens (tertiary/aromatic N) is 1. The van der Waals surface area contributed by atoms with Crippen LogP contribution in [0.4, 0.5) is 10.5 Å². The van der Waals surface area contributed by atoms with E-state index < -0.39 is 35.9 Å². The molecule has 4 aromatic rings. The van der Waals surface area contributed by atoms with E-state index in [0.29, 0.717) is 11.4 Å². The predicted molar refractivity (Wildman–Crippen MR) is 147 cm³/mol. The van der Waals surface area contributed by atoms with Crippen molar-refractivity contribution in [2.24, 2.45) is 11.7 Å². The molecular weight excluding hydrogens is 498 g/mol. The van der Waals surface area contributed by atoms with E-state index >= 15 is 0 Å². The van der Waals surface area contributed by atoms with Crippen LogP contribution in [0.3, 0.4) is 0 Å². The lowest BCUT2D eigenvalue weighted by Gasteiger charge is -2.30. The Balaban J connectivity index is 1.71. The second-order valence-electron chi connectivity index (χ2n) is 9.70. The number of likely N-dealkylation sites (tertiary alicyclic amines) is 1. The first-order valence-corrected chi connectivity index (χ1v) is 13.3. The summed E-state index contributed by atoms with van der Waals surface area (Å²) in [6.07, 6.45) is 0. The summed E-state index contributed by atoms with van der Waals surface area (Å²) in [5.41, 5.74) is 9.28. The molecule has 3 N–H and O–H groups in total. The third-order valence-electron chi connectivity index (χ3n) is 7.09. The van der Waals surface area contributed by atoms with Gasteiger partial charge in [0.15, 0.2) is 5.76 Å². The van der Waals surface area contributed by atoms with Gasteiger partial charge in [-0.25, -0.2) is 4.79 Å². The zero-order valence-corrected chi connectivity index (χ0v) is 22.2. The molecule has 2 aromatic heterocycles. The molecule has 3 amide bonds. The molecule has 5 rings (SSSR count). The number of amides is 3. The first-order valence-electron chi connectivity index (χ1n) is 12.4. The monoisotopic (exact) mass is 527 g/mol. The maximum Gasteiger partial charge on any atom is 0.323 e. The first-order chi connectivity index (χ1) is 18.3. The zero-order valence-electron chi connectivity index (χ0n) is 21.4. The van der Waals surface area contributed by atoms with Crippen molar-refractivity contribution in [3.05, 3.63) is 111 Å². The molecule has 1 fully saturated rings. The van der Waals surface area contributed by atoms with Crippen LogP contribution in [-0.2, 0) is 4.79 Å². The van der Waals surface area contributed by atoms with Crippen LogP contribution in [-0.4, -0.2) is 28.7 Å². The number of hydrogen-bond acceptors (Lipinski definition) is 5. The molecule has 0 aliphatic carbocycles. The zero-order chi connectivity index (χ0) is 27.0. The number of rotatable bonds is 6. The van der Waals surface area contributed by atoms with Crippen LogP contribution in [0.25, 0.3) is 0 Å². The Labute approximate surface area is 225 Å². The minimum Gasteiger partial charge on any atom is -0.458 e. The van der Waals surface area contributed by atoms with Crippen LogP contribution >= 0.6 is 11.3 Å². The molecular formula is C30H29N3O4S. The molecule has 0 spiro atoms. The number of nitrogens with two attached hydrogens (primary N) is 1. The summed E-state index contributed by atoms with van der Waals surface area (Å²) in [6, 6.07) is 19.7. The Morgan fingerprint density at radius 3 is 2.32 bits per heavy atom. The molecule has 0 bridgehead atoms. The minimum absolute atomic E-state index is 0.191. The van der Waals surface area contributed by atoms with Crippen molar-refractivity contribution in [3.8, 4) is 0 Å². The fourth-order valence-corrected chi connectivity index (χ4v) is 6.58. The Hall–Kier alpha value is -4.17. The van der Waals surface area contributed by atoms with Gasteiger partial charge in [-0.1, -0.05) is 42.5 Å². The van der Waals surface area contributed by atoms with Gasteiger partial charge in [0.2, 0.25) is 11.7 Å². The summed E-state index contributed by atoms with van der Waals surface area (Å²) in [7, 11) is 0. The average Bonchev–Trinajstić information content (AvgIpc) is 3.60. The number of Topliss-reactive ketones (excluding diaryl/α,β-unsaturated/α-hetero) is 1. The second kappa shape index (κ2) is 10.3. The maximum atomic E-state index is 14.2. The SMILES string of the molecule is Cc1cccc(NC(=O)N2C(C(N)=O)C(c3sccc3C)C(C(=O)c3ccc(C)o3)C2c2ccccc2)c1. The van der Waals surface area contributed by atoms with Gasteiger partial charge >= 0.3 is 6.03 Å². The lowest BCUT2D eigenvalue weighted by atomic mass is 9.79. The van der Waals surface area contributed by atoms with Crippen molar-refractivity contribution in [3.63, 3.8) is 0 Å². The van der Waals surface area contributed by atoms with Gasteiger partial charge in [0.25, 0.3) is 0 Å². The summed E-state index contributed by atoms with van der Waals surface area (Å²) in [5.74, 6) is -1.61. The van der Waals surface area contributed by atoms with E-state index in [1.165, 1.54) is 16.2 Å². The van der Waals surface area contributed by atoms with E-state index in [2.05, 4.69) is 5.32 Å². The molecule has 7 nitrogen and oxygen atoms in total. The van der Waals surface area contributed by atoms with Crippen molar-refractivity contribution in [2.45, 2.75) is 38.8 Å². The second-order valence-corrected chi connectivity index (χ2v) is 10.7. The number of furan rings is 1. The molecule has 2 aromatic carbocycles. The van der Waals surface area contributed by atoms with E-state index in [1.54, 1.807) is 25.1 Å². The van der Waals surface area contributed by atoms with Crippen molar-refractivity contribution in [1.29, 1.82) is 0 Å². The number of benzene rings is 2. The highest BCUT2D eigenvalue weighted by Crippen LogP contribution is 2.53. The molecule has 3 heterocycles. The maximum absolute atomic E-state index is 14.2. The average molecular weight is 528 g/mol. The van der Waals surface area contributed by atoms with Crippen LogP contribution in [0.5, 0.6) is 0 Å². The molecule has 4 unspecified atom stereocenters. The van der Waals surface area contributed by atoms with Crippen LogP contribution in [0.1, 0.15) is 49.8 Å². The van der Waals surface area contributed by atoms with Crippen molar-refractivity contribution in [1.82, 2.24) is 4.90 Å². The molecule has 8 heteroatoms. The molecule has 1 aliphatic rings. The highest BCUT2D eigenvalue weighted by Gasteiger charge is 2.58. The number of nitrogens with one attached hydrogen (secondary N) is 1. The largest absolute Gasteiger partial charge is 0.458 e. The third-order valence-corrected chi connectivity index (χ3v) is 8.21. The number of hydrogen-bond donors (Lipinski definition) is 2. The van der Waals surface area contributed by atoms with E-state index in [-0.39, 0.29) is 11.5 Å².